The Balaban J connectivity index is 1.92. The average Bonchev–Trinajstić information content (AvgIpc) is 2.69. The van der Waals surface area contributed by atoms with Gasteiger partial charge in [-0.15, -0.1) is 0 Å². The number of rotatable bonds is 9. The second kappa shape index (κ2) is 9.18. The van der Waals surface area contributed by atoms with E-state index in [1.165, 1.54) is 0 Å². The van der Waals surface area contributed by atoms with Gasteiger partial charge in [-0.2, -0.15) is 0 Å². The van der Waals surface area contributed by atoms with Crippen LogP contribution >= 0.6 is 7.82 Å². The van der Waals surface area contributed by atoms with E-state index in [1.54, 1.807) is 0 Å². The van der Waals surface area contributed by atoms with Crippen LogP contribution in [0.2, 0.25) is 0 Å². The largest absolute Gasteiger partial charge is 0.493 e. The molecule has 0 amide bonds. The molecule has 0 spiro atoms. The van der Waals surface area contributed by atoms with E-state index in [2.05, 4.69) is 0 Å². The van der Waals surface area contributed by atoms with E-state index in [0.717, 1.165) is 5.56 Å². The predicted molar refractivity (Wildman–Crippen MR) is 108 cm³/mol. The van der Waals surface area contributed by atoms with Crippen molar-refractivity contribution < 1.29 is 23.6 Å². The molecule has 0 saturated carbocycles. The summed E-state index contributed by atoms with van der Waals surface area (Å²) in [7, 11) is -4.76. The minimum absolute atomic E-state index is 0.242. The molecule has 0 saturated heterocycles. The van der Waals surface area contributed by atoms with Gasteiger partial charge in [0.25, 0.3) is 0 Å². The fourth-order valence-electron chi connectivity index (χ4n) is 3.21. The summed E-state index contributed by atoms with van der Waals surface area (Å²) >= 11 is 0. The summed E-state index contributed by atoms with van der Waals surface area (Å²) < 4.78 is 23.1. The first-order valence-corrected chi connectivity index (χ1v) is 10.5. The van der Waals surface area contributed by atoms with Crippen LogP contribution in [0.3, 0.4) is 0 Å². The van der Waals surface area contributed by atoms with Crippen molar-refractivity contribution in [2.24, 2.45) is 0 Å². The molecule has 0 radical (unpaired) electrons. The van der Waals surface area contributed by atoms with E-state index >= 15 is 0 Å². The summed E-state index contributed by atoms with van der Waals surface area (Å²) in [4.78, 5) is 19.3. The number of benzene rings is 3. The number of hydrogen-bond acceptors (Lipinski definition) is 3. The topological polar surface area (TPSA) is 76.0 Å². The minimum Gasteiger partial charge on any atom is -0.493 e. The van der Waals surface area contributed by atoms with Crippen LogP contribution in [-0.2, 0) is 21.1 Å². The van der Waals surface area contributed by atoms with Crippen LogP contribution in [0, 0.1) is 0 Å². The molecule has 1 atom stereocenters. The first-order valence-electron chi connectivity index (χ1n) is 9.00. The molecule has 3 aromatic carbocycles. The van der Waals surface area contributed by atoms with Crippen LogP contribution in [0.1, 0.15) is 17.5 Å². The van der Waals surface area contributed by atoms with Crippen molar-refractivity contribution >= 4 is 7.82 Å². The number of para-hydroxylation sites is 1. The van der Waals surface area contributed by atoms with E-state index in [4.69, 9.17) is 9.26 Å². The molecule has 0 aliphatic heterocycles. The molecule has 0 aromatic heterocycles. The van der Waals surface area contributed by atoms with Crippen LogP contribution < -0.4 is 4.74 Å². The van der Waals surface area contributed by atoms with Crippen LogP contribution in [0.15, 0.2) is 91.0 Å². The van der Waals surface area contributed by atoms with Crippen molar-refractivity contribution in [3.8, 4) is 5.75 Å². The molecule has 0 bridgehead atoms. The normalized spacial score (nSPS) is 13.6. The third-order valence-electron chi connectivity index (χ3n) is 4.44. The van der Waals surface area contributed by atoms with Gasteiger partial charge in [-0.25, -0.2) is 4.57 Å². The van der Waals surface area contributed by atoms with Gasteiger partial charge in [0.15, 0.2) is 0 Å². The van der Waals surface area contributed by atoms with E-state index in [-0.39, 0.29) is 13.0 Å². The fraction of sp³-hybridized carbons (Fsp3) is 0.182. The molecule has 146 valence electrons. The quantitative estimate of drug-likeness (QED) is 0.511. The number of ether oxygens (including phenoxy) is 1. The summed E-state index contributed by atoms with van der Waals surface area (Å²) in [5.74, 6) is 0.695. The Morgan fingerprint density at radius 1 is 0.786 bits per heavy atom. The van der Waals surface area contributed by atoms with Crippen LogP contribution in [0.4, 0.5) is 0 Å². The number of hydrogen-bond donors (Lipinski definition) is 2. The lowest BCUT2D eigenvalue weighted by molar-refractivity contribution is 0.0120. The zero-order valence-corrected chi connectivity index (χ0v) is 16.2. The molecule has 1 unspecified atom stereocenters. The van der Waals surface area contributed by atoms with Gasteiger partial charge in [0.05, 0.1) is 6.61 Å². The van der Waals surface area contributed by atoms with E-state index < -0.39 is 13.4 Å². The van der Waals surface area contributed by atoms with Crippen molar-refractivity contribution in [3.63, 3.8) is 0 Å². The van der Waals surface area contributed by atoms with E-state index in [1.807, 2.05) is 91.0 Å². The summed E-state index contributed by atoms with van der Waals surface area (Å²) in [5.41, 5.74) is 0.384. The molecule has 0 fully saturated rings. The van der Waals surface area contributed by atoms with Gasteiger partial charge in [-0.3, -0.25) is 4.52 Å². The third-order valence-corrected chi connectivity index (χ3v) is 5.03. The number of phosphoric acid groups is 1. The van der Waals surface area contributed by atoms with Crippen LogP contribution in [0.5, 0.6) is 5.75 Å². The van der Waals surface area contributed by atoms with Crippen molar-refractivity contribution in [1.29, 1.82) is 0 Å². The van der Waals surface area contributed by atoms with Gasteiger partial charge in [0.1, 0.15) is 11.4 Å². The molecular formula is C22H23O5P. The Kier molecular flexibility index (Phi) is 6.65. The van der Waals surface area contributed by atoms with Crippen molar-refractivity contribution in [2.45, 2.75) is 18.4 Å². The first kappa shape index (κ1) is 20.3. The molecule has 3 rings (SSSR count). The highest BCUT2D eigenvalue weighted by Crippen LogP contribution is 2.48. The third kappa shape index (κ3) is 5.78. The van der Waals surface area contributed by atoms with Crippen LogP contribution in [0.25, 0.3) is 0 Å². The molecule has 0 aliphatic rings. The highest BCUT2D eigenvalue weighted by molar-refractivity contribution is 7.46. The highest BCUT2D eigenvalue weighted by atomic mass is 31.2. The predicted octanol–water partition coefficient (Wildman–Crippen LogP) is 4.70. The maximum absolute atomic E-state index is 11.9. The minimum atomic E-state index is -4.76. The Hall–Kier alpha value is -2.43. The van der Waals surface area contributed by atoms with E-state index in [9.17, 15) is 14.4 Å². The summed E-state index contributed by atoms with van der Waals surface area (Å²) in [5, 5.41) is 0. The second-order valence-electron chi connectivity index (χ2n) is 6.52. The lowest BCUT2D eigenvalue weighted by atomic mass is 9.84. The standard InChI is InChI=1S/C22H23O5P/c23-28(24,25)27-22(20-12-6-2-7-13-20,18-19-10-4-1-5-11-19)16-17-26-21-14-8-3-9-15-21/h1-15H,16-18H2,(H2,23,24,25). The maximum atomic E-state index is 11.9. The monoisotopic (exact) mass is 398 g/mol. The molecule has 0 aliphatic carbocycles. The van der Waals surface area contributed by atoms with Gasteiger partial charge in [-0.1, -0.05) is 78.9 Å². The van der Waals surface area contributed by atoms with Crippen molar-refractivity contribution in [3.05, 3.63) is 102 Å². The SMILES string of the molecule is O=P(O)(O)OC(CCOc1ccccc1)(Cc1ccccc1)c1ccccc1. The summed E-state index contributed by atoms with van der Waals surface area (Å²) in [6.07, 6.45) is 0.576. The van der Waals surface area contributed by atoms with Crippen molar-refractivity contribution in [2.75, 3.05) is 6.61 Å². The zero-order chi connectivity index (χ0) is 19.9. The maximum Gasteiger partial charge on any atom is 0.470 e. The van der Waals surface area contributed by atoms with Gasteiger partial charge < -0.3 is 14.5 Å². The molecular weight excluding hydrogens is 375 g/mol. The molecule has 0 heterocycles. The van der Waals surface area contributed by atoms with Crippen molar-refractivity contribution in [1.82, 2.24) is 0 Å². The number of phosphoric ester groups is 1. The fourth-order valence-corrected chi connectivity index (χ4v) is 3.93. The van der Waals surface area contributed by atoms with Crippen LogP contribution in [-0.4, -0.2) is 16.4 Å². The summed E-state index contributed by atoms with van der Waals surface area (Å²) in [6, 6.07) is 28.0. The molecule has 5 nitrogen and oxygen atoms in total. The Bertz CT molecular complexity index is 896. The van der Waals surface area contributed by atoms with E-state index in [0.29, 0.717) is 17.7 Å². The molecule has 2 N–H and O–H groups in total. The lowest BCUT2D eigenvalue weighted by Gasteiger charge is -2.34. The highest BCUT2D eigenvalue weighted by Gasteiger charge is 2.40. The van der Waals surface area contributed by atoms with Gasteiger partial charge >= 0.3 is 7.82 Å². The first-order chi connectivity index (χ1) is 13.5. The molecule has 6 heteroatoms. The Morgan fingerprint density at radius 2 is 1.32 bits per heavy atom. The Labute approximate surface area is 164 Å². The zero-order valence-electron chi connectivity index (χ0n) is 15.3. The molecule has 3 aromatic rings. The second-order valence-corrected chi connectivity index (χ2v) is 7.68. The van der Waals surface area contributed by atoms with Gasteiger partial charge in [0.2, 0.25) is 0 Å². The smallest absolute Gasteiger partial charge is 0.470 e. The molecule has 28 heavy (non-hydrogen) atoms. The summed E-state index contributed by atoms with van der Waals surface area (Å²) in [6.45, 7) is 0.242. The Morgan fingerprint density at radius 3 is 1.89 bits per heavy atom. The van der Waals surface area contributed by atoms with Gasteiger partial charge in [-0.05, 0) is 23.3 Å². The lowest BCUT2D eigenvalue weighted by Crippen LogP contribution is -2.33. The average molecular weight is 398 g/mol. The van der Waals surface area contributed by atoms with Gasteiger partial charge in [0, 0.05) is 12.8 Å².